The molecule has 1 atom stereocenters. The van der Waals surface area contributed by atoms with Gasteiger partial charge in [-0.25, -0.2) is 5.01 Å². The molecule has 25 heavy (non-hydrogen) atoms. The Labute approximate surface area is 151 Å². The summed E-state index contributed by atoms with van der Waals surface area (Å²) in [5.74, 6) is -0.219. The van der Waals surface area contributed by atoms with Gasteiger partial charge in [-0.3, -0.25) is 0 Å². The summed E-state index contributed by atoms with van der Waals surface area (Å²) in [4.78, 5) is 0. The van der Waals surface area contributed by atoms with Gasteiger partial charge in [-0.1, -0.05) is 22.0 Å². The number of hydrogen-bond donors (Lipinski definition) is 1. The fraction of sp³-hybridized carbons (Fsp3) is 0.222. The van der Waals surface area contributed by atoms with Crippen LogP contribution in [0.15, 0.2) is 52.5 Å². The van der Waals surface area contributed by atoms with Gasteiger partial charge in [0.25, 0.3) is 0 Å². The molecule has 2 aliphatic rings. The number of rotatable bonds is 2. The van der Waals surface area contributed by atoms with Crippen LogP contribution in [-0.4, -0.2) is 18.4 Å². The number of ether oxygens (including phenoxy) is 1. The van der Waals surface area contributed by atoms with E-state index in [2.05, 4.69) is 38.2 Å². The molecule has 2 aromatic carbocycles. The van der Waals surface area contributed by atoms with Gasteiger partial charge in [0.2, 0.25) is 0 Å². The number of nitrogens with one attached hydrogen (secondary N) is 1. The number of nitrogens with zero attached hydrogens (tertiary/aromatic N) is 1. The average molecular weight is 411 g/mol. The summed E-state index contributed by atoms with van der Waals surface area (Å²) in [7, 11) is 1.97. The third-order valence-corrected chi connectivity index (χ3v) is 4.98. The maximum Gasteiger partial charge on any atom is 0.573 e. The van der Waals surface area contributed by atoms with E-state index < -0.39 is 6.36 Å². The molecule has 1 unspecified atom stereocenters. The van der Waals surface area contributed by atoms with E-state index >= 15 is 0 Å². The smallest absolute Gasteiger partial charge is 0.406 e. The van der Waals surface area contributed by atoms with Crippen LogP contribution in [0.4, 0.5) is 13.2 Å². The van der Waals surface area contributed by atoms with Gasteiger partial charge in [0.15, 0.2) is 0 Å². The van der Waals surface area contributed by atoms with Crippen molar-refractivity contribution in [3.05, 3.63) is 69.2 Å². The molecule has 1 aliphatic heterocycles. The Morgan fingerprint density at radius 3 is 2.56 bits per heavy atom. The number of fused-ring (bicyclic) bond motifs is 3. The van der Waals surface area contributed by atoms with Gasteiger partial charge in [-0.15, -0.1) is 13.2 Å². The highest BCUT2D eigenvalue weighted by Gasteiger charge is 2.38. The van der Waals surface area contributed by atoms with Gasteiger partial charge >= 0.3 is 6.36 Å². The summed E-state index contributed by atoms with van der Waals surface area (Å²) in [6, 6.07) is 12.4. The van der Waals surface area contributed by atoms with Crippen molar-refractivity contribution in [2.75, 3.05) is 7.05 Å². The Bertz CT molecular complexity index is 862. The highest BCUT2D eigenvalue weighted by molar-refractivity contribution is 9.10. The van der Waals surface area contributed by atoms with Gasteiger partial charge in [0.1, 0.15) is 5.75 Å². The Balaban J connectivity index is 1.67. The zero-order chi connectivity index (χ0) is 17.8. The van der Waals surface area contributed by atoms with Crippen LogP contribution in [0.2, 0.25) is 0 Å². The van der Waals surface area contributed by atoms with Crippen LogP contribution in [0.5, 0.6) is 5.75 Å². The fourth-order valence-corrected chi connectivity index (χ4v) is 3.95. The van der Waals surface area contributed by atoms with E-state index in [1.165, 1.54) is 28.8 Å². The first-order valence-electron chi connectivity index (χ1n) is 7.69. The predicted molar refractivity (Wildman–Crippen MR) is 91.5 cm³/mol. The summed E-state index contributed by atoms with van der Waals surface area (Å²) >= 11 is 3.50. The molecule has 1 heterocycles. The third-order valence-electron chi connectivity index (χ3n) is 4.48. The number of hydrogen-bond acceptors (Lipinski definition) is 3. The lowest BCUT2D eigenvalue weighted by atomic mass is 10.0. The van der Waals surface area contributed by atoms with E-state index in [1.807, 2.05) is 18.1 Å². The van der Waals surface area contributed by atoms with Crippen molar-refractivity contribution in [3.8, 4) is 5.75 Å². The lowest BCUT2D eigenvalue weighted by Crippen LogP contribution is -2.29. The zero-order valence-corrected chi connectivity index (χ0v) is 14.8. The van der Waals surface area contributed by atoms with Crippen LogP contribution in [0.3, 0.4) is 0 Å². The Hall–Kier alpha value is -1.99. The molecular formula is C18H14BrF3N2O. The van der Waals surface area contributed by atoms with Crippen molar-refractivity contribution < 1.29 is 17.9 Å². The van der Waals surface area contributed by atoms with Crippen LogP contribution in [0.25, 0.3) is 5.70 Å². The van der Waals surface area contributed by atoms with E-state index in [4.69, 9.17) is 0 Å². The SMILES string of the molecule is CN1NC(c2ccc(OC(F)(F)F)cc2)=C2Cc3cc(Br)ccc3C21. The minimum absolute atomic E-state index is 0.143. The summed E-state index contributed by atoms with van der Waals surface area (Å²) in [6.45, 7) is 0. The van der Waals surface area contributed by atoms with E-state index in [0.29, 0.717) is 0 Å². The molecule has 2 aromatic rings. The van der Waals surface area contributed by atoms with Gasteiger partial charge in [-0.05, 0) is 65.1 Å². The Morgan fingerprint density at radius 2 is 1.88 bits per heavy atom. The monoisotopic (exact) mass is 410 g/mol. The number of halogens is 4. The molecule has 0 aromatic heterocycles. The minimum atomic E-state index is -4.68. The summed E-state index contributed by atoms with van der Waals surface area (Å²) in [5.41, 5.74) is 8.85. The molecule has 7 heteroatoms. The second-order valence-electron chi connectivity index (χ2n) is 6.12. The number of hydrazine groups is 1. The van der Waals surface area contributed by atoms with E-state index in [9.17, 15) is 13.2 Å². The molecule has 4 rings (SSSR count). The first kappa shape index (κ1) is 16.5. The molecule has 0 saturated heterocycles. The summed E-state index contributed by atoms with van der Waals surface area (Å²) in [6.07, 6.45) is -3.87. The molecule has 130 valence electrons. The lowest BCUT2D eigenvalue weighted by molar-refractivity contribution is -0.274. The predicted octanol–water partition coefficient (Wildman–Crippen LogP) is 4.81. The molecule has 0 amide bonds. The highest BCUT2D eigenvalue weighted by Crippen LogP contribution is 2.46. The molecule has 3 nitrogen and oxygen atoms in total. The maximum atomic E-state index is 12.3. The van der Waals surface area contributed by atoms with Crippen molar-refractivity contribution in [2.24, 2.45) is 0 Å². The average Bonchev–Trinajstić information content (AvgIpc) is 3.04. The lowest BCUT2D eigenvalue weighted by Gasteiger charge is -2.20. The molecule has 1 aliphatic carbocycles. The van der Waals surface area contributed by atoms with Crippen LogP contribution in [0.1, 0.15) is 22.7 Å². The number of likely N-dealkylation sites (N-methyl/N-ethyl adjacent to an activating group) is 1. The first-order valence-corrected chi connectivity index (χ1v) is 8.48. The van der Waals surface area contributed by atoms with Crippen molar-refractivity contribution in [1.82, 2.24) is 10.4 Å². The van der Waals surface area contributed by atoms with Crippen molar-refractivity contribution in [3.63, 3.8) is 0 Å². The van der Waals surface area contributed by atoms with E-state index in [0.717, 1.165) is 22.2 Å². The fourth-order valence-electron chi connectivity index (χ4n) is 3.54. The van der Waals surface area contributed by atoms with Crippen LogP contribution in [0, 0.1) is 0 Å². The maximum absolute atomic E-state index is 12.3. The van der Waals surface area contributed by atoms with Gasteiger partial charge < -0.3 is 10.2 Å². The quantitative estimate of drug-likeness (QED) is 0.768. The Kier molecular flexibility index (Phi) is 3.81. The first-order chi connectivity index (χ1) is 11.8. The number of alkyl halides is 3. The molecule has 0 radical (unpaired) electrons. The molecule has 0 spiro atoms. The molecular weight excluding hydrogens is 397 g/mol. The largest absolute Gasteiger partial charge is 0.573 e. The van der Waals surface area contributed by atoms with Crippen molar-refractivity contribution in [1.29, 1.82) is 0 Å². The van der Waals surface area contributed by atoms with Crippen LogP contribution >= 0.6 is 15.9 Å². The van der Waals surface area contributed by atoms with Crippen LogP contribution < -0.4 is 10.2 Å². The van der Waals surface area contributed by atoms with Gasteiger partial charge in [0.05, 0.1) is 11.7 Å². The Morgan fingerprint density at radius 1 is 1.16 bits per heavy atom. The molecule has 0 saturated carbocycles. The summed E-state index contributed by atoms with van der Waals surface area (Å²) < 4.78 is 41.9. The van der Waals surface area contributed by atoms with Crippen molar-refractivity contribution in [2.45, 2.75) is 18.8 Å². The van der Waals surface area contributed by atoms with Crippen LogP contribution in [-0.2, 0) is 6.42 Å². The second kappa shape index (κ2) is 5.78. The van der Waals surface area contributed by atoms with E-state index in [1.54, 1.807) is 12.1 Å². The minimum Gasteiger partial charge on any atom is -0.406 e. The normalized spacial score (nSPS) is 19.6. The molecule has 1 N–H and O–H groups in total. The number of benzene rings is 2. The second-order valence-corrected chi connectivity index (χ2v) is 7.03. The van der Waals surface area contributed by atoms with Crippen molar-refractivity contribution >= 4 is 21.6 Å². The topological polar surface area (TPSA) is 24.5 Å². The van der Waals surface area contributed by atoms with Gasteiger partial charge in [-0.2, -0.15) is 0 Å². The van der Waals surface area contributed by atoms with E-state index in [-0.39, 0.29) is 11.8 Å². The zero-order valence-electron chi connectivity index (χ0n) is 13.2. The standard InChI is InChI=1S/C18H14BrF3N2O/c1-24-17-14-7-4-12(19)8-11(14)9-15(17)16(23-24)10-2-5-13(6-3-10)25-18(20,21)22/h2-8,17,23H,9H2,1H3. The summed E-state index contributed by atoms with van der Waals surface area (Å²) in [5, 5.41) is 2.03. The molecule has 0 fully saturated rings. The third kappa shape index (κ3) is 3.02. The highest BCUT2D eigenvalue weighted by atomic mass is 79.9. The van der Waals surface area contributed by atoms with Gasteiger partial charge in [0, 0.05) is 11.5 Å². The molecule has 0 bridgehead atoms.